The van der Waals surface area contributed by atoms with Crippen LogP contribution in [0, 0.1) is 10.1 Å². The van der Waals surface area contributed by atoms with Crippen LogP contribution in [-0.4, -0.2) is 35.6 Å². The van der Waals surface area contributed by atoms with Gasteiger partial charge in [0.2, 0.25) is 0 Å². The summed E-state index contributed by atoms with van der Waals surface area (Å²) < 4.78 is 0. The number of nitrogens with zero attached hydrogens (tertiary/aromatic N) is 1. The number of nitro groups is 1. The van der Waals surface area contributed by atoms with Gasteiger partial charge in [0.15, 0.2) is 0 Å². The van der Waals surface area contributed by atoms with Crippen LogP contribution in [0.4, 0.5) is 11.4 Å². The van der Waals surface area contributed by atoms with Gasteiger partial charge < -0.3 is 15.7 Å². The summed E-state index contributed by atoms with van der Waals surface area (Å²) >= 11 is 0. The van der Waals surface area contributed by atoms with Crippen LogP contribution in [0.2, 0.25) is 0 Å². The van der Waals surface area contributed by atoms with Gasteiger partial charge in [-0.2, -0.15) is 0 Å². The fourth-order valence-corrected chi connectivity index (χ4v) is 2.37. The molecule has 0 saturated heterocycles. The summed E-state index contributed by atoms with van der Waals surface area (Å²) in [6.07, 6.45) is 0.520. The second kappa shape index (κ2) is 8.07. The van der Waals surface area contributed by atoms with Gasteiger partial charge in [-0.05, 0) is 24.1 Å². The number of carbonyl (C=O) groups excluding carboxylic acids is 1. The summed E-state index contributed by atoms with van der Waals surface area (Å²) in [4.78, 5) is 22.4. The molecule has 1 amide bonds. The molecule has 0 unspecified atom stereocenters. The smallest absolute Gasteiger partial charge is 0.293 e. The molecule has 0 bridgehead atoms. The number of aliphatic hydroxyl groups excluding tert-OH is 1. The number of rotatable bonds is 7. The Hall–Kier alpha value is -2.93. The topological polar surface area (TPSA) is 104 Å². The molecule has 0 aliphatic carbocycles. The van der Waals surface area contributed by atoms with E-state index in [0.29, 0.717) is 6.42 Å². The van der Waals surface area contributed by atoms with Crippen molar-refractivity contribution in [3.63, 3.8) is 0 Å². The van der Waals surface area contributed by atoms with Gasteiger partial charge in [-0.15, -0.1) is 0 Å². The molecule has 0 aliphatic rings. The van der Waals surface area contributed by atoms with Gasteiger partial charge in [0, 0.05) is 18.7 Å². The first kappa shape index (κ1) is 17.4. The van der Waals surface area contributed by atoms with Crippen molar-refractivity contribution < 1.29 is 14.8 Å². The molecular formula is C17H19N3O4. The van der Waals surface area contributed by atoms with Crippen LogP contribution in [0.5, 0.6) is 0 Å². The Labute approximate surface area is 139 Å². The first-order chi connectivity index (χ1) is 11.5. The average Bonchev–Trinajstić information content (AvgIpc) is 2.61. The number of hydrogen-bond donors (Lipinski definition) is 3. The fraction of sp³-hybridized carbons (Fsp3) is 0.235. The summed E-state index contributed by atoms with van der Waals surface area (Å²) in [5, 5.41) is 26.3. The quantitative estimate of drug-likeness (QED) is 0.532. The van der Waals surface area contributed by atoms with E-state index in [1.807, 2.05) is 30.3 Å². The molecule has 7 nitrogen and oxygen atoms in total. The van der Waals surface area contributed by atoms with E-state index in [2.05, 4.69) is 10.6 Å². The number of amides is 1. The van der Waals surface area contributed by atoms with Crippen LogP contribution in [0.1, 0.15) is 15.9 Å². The van der Waals surface area contributed by atoms with Crippen LogP contribution in [0.3, 0.4) is 0 Å². The van der Waals surface area contributed by atoms with Crippen molar-refractivity contribution in [3.8, 4) is 0 Å². The SMILES string of the molecule is CNC(=O)c1ccc(N[C@H](CO)Cc2ccccc2)c([N+](=O)[O-])c1. The molecule has 0 aliphatic heterocycles. The fourth-order valence-electron chi connectivity index (χ4n) is 2.37. The van der Waals surface area contributed by atoms with E-state index in [0.717, 1.165) is 5.56 Å². The van der Waals surface area contributed by atoms with E-state index in [4.69, 9.17) is 0 Å². The third kappa shape index (κ3) is 4.30. The molecule has 3 N–H and O–H groups in total. The first-order valence-corrected chi connectivity index (χ1v) is 7.47. The number of nitro benzene ring substituents is 1. The molecule has 0 fully saturated rings. The minimum absolute atomic E-state index is 0.177. The highest BCUT2D eigenvalue weighted by atomic mass is 16.6. The summed E-state index contributed by atoms with van der Waals surface area (Å²) in [7, 11) is 1.46. The molecule has 0 saturated carbocycles. The number of aliphatic hydroxyl groups is 1. The Kier molecular flexibility index (Phi) is 5.86. The standard InChI is InChI=1S/C17H19N3O4/c1-18-17(22)13-7-8-15(16(10-13)20(23)24)19-14(11-21)9-12-5-3-2-4-6-12/h2-8,10,14,19,21H,9,11H2,1H3,(H,18,22)/t14-/m0/s1. The highest BCUT2D eigenvalue weighted by molar-refractivity contribution is 5.95. The summed E-state index contributed by atoms with van der Waals surface area (Å²) in [6.45, 7) is -0.177. The second-order valence-electron chi connectivity index (χ2n) is 5.28. The molecule has 0 aromatic heterocycles. The maximum absolute atomic E-state index is 11.6. The third-order valence-corrected chi connectivity index (χ3v) is 3.59. The van der Waals surface area contributed by atoms with Gasteiger partial charge in [-0.3, -0.25) is 14.9 Å². The molecule has 7 heteroatoms. The lowest BCUT2D eigenvalue weighted by molar-refractivity contribution is -0.384. The molecular weight excluding hydrogens is 310 g/mol. The van der Waals surface area contributed by atoms with E-state index < -0.39 is 10.8 Å². The lowest BCUT2D eigenvalue weighted by atomic mass is 10.1. The van der Waals surface area contributed by atoms with Gasteiger partial charge >= 0.3 is 0 Å². The van der Waals surface area contributed by atoms with Gasteiger partial charge in [0.1, 0.15) is 5.69 Å². The molecule has 0 spiro atoms. The number of anilines is 1. The normalized spacial score (nSPS) is 11.6. The molecule has 0 heterocycles. The summed E-state index contributed by atoms with van der Waals surface area (Å²) in [5.74, 6) is -0.396. The van der Waals surface area contributed by atoms with Crippen LogP contribution in [0.15, 0.2) is 48.5 Å². The molecule has 2 aromatic carbocycles. The van der Waals surface area contributed by atoms with Crippen molar-refractivity contribution >= 4 is 17.3 Å². The van der Waals surface area contributed by atoms with Crippen LogP contribution in [0.25, 0.3) is 0 Å². The van der Waals surface area contributed by atoms with Crippen molar-refractivity contribution in [1.29, 1.82) is 0 Å². The van der Waals surface area contributed by atoms with Crippen LogP contribution < -0.4 is 10.6 Å². The van der Waals surface area contributed by atoms with E-state index in [1.54, 1.807) is 0 Å². The largest absolute Gasteiger partial charge is 0.394 e. The minimum atomic E-state index is -0.550. The van der Waals surface area contributed by atoms with Gasteiger partial charge in [0.05, 0.1) is 17.6 Å². The summed E-state index contributed by atoms with van der Waals surface area (Å²) in [5.41, 5.74) is 1.28. The van der Waals surface area contributed by atoms with E-state index in [-0.39, 0.29) is 29.6 Å². The highest BCUT2D eigenvalue weighted by Crippen LogP contribution is 2.26. The zero-order valence-electron chi connectivity index (χ0n) is 13.2. The summed E-state index contributed by atoms with van der Waals surface area (Å²) in [6, 6.07) is 13.4. The number of nitrogens with one attached hydrogen (secondary N) is 2. The molecule has 24 heavy (non-hydrogen) atoms. The Morgan fingerprint density at radius 2 is 1.96 bits per heavy atom. The Morgan fingerprint density at radius 1 is 1.25 bits per heavy atom. The van der Waals surface area contributed by atoms with E-state index in [1.165, 1.54) is 25.2 Å². The van der Waals surface area contributed by atoms with Crippen LogP contribution >= 0.6 is 0 Å². The molecule has 0 radical (unpaired) electrons. The Morgan fingerprint density at radius 3 is 2.54 bits per heavy atom. The first-order valence-electron chi connectivity index (χ1n) is 7.47. The molecule has 126 valence electrons. The predicted molar refractivity (Wildman–Crippen MR) is 91.1 cm³/mol. The van der Waals surface area contributed by atoms with Crippen molar-refractivity contribution in [2.75, 3.05) is 19.0 Å². The number of hydrogen-bond acceptors (Lipinski definition) is 5. The van der Waals surface area contributed by atoms with Crippen molar-refractivity contribution in [2.24, 2.45) is 0 Å². The zero-order chi connectivity index (χ0) is 17.5. The van der Waals surface area contributed by atoms with Gasteiger partial charge in [-0.1, -0.05) is 30.3 Å². The molecule has 1 atom stereocenters. The maximum Gasteiger partial charge on any atom is 0.293 e. The van der Waals surface area contributed by atoms with Crippen molar-refractivity contribution in [3.05, 3.63) is 69.8 Å². The van der Waals surface area contributed by atoms with Gasteiger partial charge in [-0.25, -0.2) is 0 Å². The second-order valence-corrected chi connectivity index (χ2v) is 5.28. The van der Waals surface area contributed by atoms with Crippen molar-refractivity contribution in [1.82, 2.24) is 5.32 Å². The minimum Gasteiger partial charge on any atom is -0.394 e. The third-order valence-electron chi connectivity index (χ3n) is 3.59. The number of carbonyl (C=O) groups is 1. The van der Waals surface area contributed by atoms with Crippen molar-refractivity contribution in [2.45, 2.75) is 12.5 Å². The monoisotopic (exact) mass is 329 g/mol. The average molecular weight is 329 g/mol. The van der Waals surface area contributed by atoms with Crippen LogP contribution in [-0.2, 0) is 6.42 Å². The van der Waals surface area contributed by atoms with E-state index in [9.17, 15) is 20.0 Å². The lowest BCUT2D eigenvalue weighted by Gasteiger charge is -2.18. The lowest BCUT2D eigenvalue weighted by Crippen LogP contribution is -2.27. The predicted octanol–water partition coefficient (Wildman–Crippen LogP) is 1.97. The molecule has 2 aromatic rings. The number of benzene rings is 2. The Balaban J connectivity index is 2.23. The molecule has 2 rings (SSSR count). The Bertz CT molecular complexity index is 719. The van der Waals surface area contributed by atoms with Gasteiger partial charge in [0.25, 0.3) is 11.6 Å². The van der Waals surface area contributed by atoms with E-state index >= 15 is 0 Å². The highest BCUT2D eigenvalue weighted by Gasteiger charge is 2.19. The zero-order valence-corrected chi connectivity index (χ0v) is 13.2. The maximum atomic E-state index is 11.6.